The summed E-state index contributed by atoms with van der Waals surface area (Å²) in [7, 11) is 0. The third kappa shape index (κ3) is 1.22. The van der Waals surface area contributed by atoms with Gasteiger partial charge in [-0.05, 0) is 11.6 Å². The first-order chi connectivity index (χ1) is 4.72. The molecule has 0 fully saturated rings. The molecule has 1 aromatic rings. The van der Waals surface area contributed by atoms with Crippen LogP contribution in [0.5, 0.6) is 0 Å². The molecule has 1 heterocycles. The molecule has 0 unspecified atom stereocenters. The van der Waals surface area contributed by atoms with E-state index in [-0.39, 0.29) is 10.6 Å². The Kier molecular flexibility index (Phi) is 1.82. The smallest absolute Gasteiger partial charge is 0.0715 e. The van der Waals surface area contributed by atoms with Crippen LogP contribution >= 0.6 is 0 Å². The fraction of sp³-hybridized carbons (Fsp3) is 0. The van der Waals surface area contributed by atoms with Crippen molar-refractivity contribution in [3.8, 4) is 0 Å². The van der Waals surface area contributed by atoms with Crippen LogP contribution in [0.15, 0.2) is 23.4 Å². The molecule has 0 saturated carbocycles. The van der Waals surface area contributed by atoms with Crippen molar-refractivity contribution >= 4 is 18.6 Å². The number of hydrogen-bond acceptors (Lipinski definition) is 4. The Morgan fingerprint density at radius 1 is 1.70 bits per heavy atom. The van der Waals surface area contributed by atoms with Crippen molar-refractivity contribution in [2.24, 2.45) is 0 Å². The summed E-state index contributed by atoms with van der Waals surface area (Å²) in [6.07, 6.45) is 1.44. The maximum absolute atomic E-state index is 10.2. The Morgan fingerprint density at radius 2 is 2.40 bits per heavy atom. The third-order valence-corrected chi connectivity index (χ3v) is 1.32. The molecule has 1 aromatic heterocycles. The van der Waals surface area contributed by atoms with Crippen LogP contribution in [-0.2, 0) is 12.6 Å². The Bertz CT molecular complexity index is 262. The first-order valence-electron chi connectivity index (χ1n) is 2.55. The van der Waals surface area contributed by atoms with E-state index in [1.165, 1.54) is 18.3 Å². The van der Waals surface area contributed by atoms with Crippen LogP contribution in [0.3, 0.4) is 0 Å². The van der Waals surface area contributed by atoms with Crippen molar-refractivity contribution in [2.75, 3.05) is 0 Å². The summed E-state index contributed by atoms with van der Waals surface area (Å²) in [6, 6.07) is 2.87. The highest BCUT2D eigenvalue weighted by atomic mass is 32.1. The minimum absolute atomic E-state index is 0.0301. The predicted octanol–water partition coefficient (Wildman–Crippen LogP) is -0.649. The molecule has 3 nitrogen and oxygen atoms in total. The number of nitrogens with zero attached hydrogens (tertiary/aromatic N) is 1. The molecular weight excluding hydrogens is 150 g/mol. The number of carbonyl (C=O) groups is 1. The fourth-order valence-electron chi connectivity index (χ4n) is 0.546. The summed E-state index contributed by atoms with van der Waals surface area (Å²) in [6.45, 7) is 0. The molecule has 0 radical (unpaired) electrons. The third-order valence-electron chi connectivity index (χ3n) is 0.991. The number of carboxylic acids is 1. The van der Waals surface area contributed by atoms with Gasteiger partial charge in [0, 0.05) is 6.20 Å². The van der Waals surface area contributed by atoms with Crippen molar-refractivity contribution in [3.05, 3.63) is 23.9 Å². The summed E-state index contributed by atoms with van der Waals surface area (Å²) in [4.78, 5) is 13.8. The van der Waals surface area contributed by atoms with Gasteiger partial charge in [-0.15, -0.1) is 0 Å². The molecule has 1 rings (SSSR count). The molecule has 0 bridgehead atoms. The minimum Gasteiger partial charge on any atom is -0.760 e. The zero-order valence-corrected chi connectivity index (χ0v) is 5.72. The van der Waals surface area contributed by atoms with Crippen LogP contribution in [0.25, 0.3) is 0 Å². The molecule has 4 heteroatoms. The van der Waals surface area contributed by atoms with Crippen molar-refractivity contribution in [3.63, 3.8) is 0 Å². The van der Waals surface area contributed by atoms with Gasteiger partial charge in [0.1, 0.15) is 0 Å². The van der Waals surface area contributed by atoms with E-state index in [1.807, 2.05) is 0 Å². The number of aromatic carboxylic acids is 1. The van der Waals surface area contributed by atoms with E-state index >= 15 is 0 Å². The lowest BCUT2D eigenvalue weighted by molar-refractivity contribution is -0.255. The summed E-state index contributed by atoms with van der Waals surface area (Å²) >= 11 is 4.60. The number of rotatable bonds is 1. The van der Waals surface area contributed by atoms with Gasteiger partial charge in [0.15, 0.2) is 0 Å². The molecule has 52 valence electrons. The van der Waals surface area contributed by atoms with E-state index in [0.717, 1.165) is 0 Å². The number of carbonyl (C=O) groups excluding carboxylic acids is 1. The molecule has 0 aliphatic rings. The second kappa shape index (κ2) is 2.62. The van der Waals surface area contributed by atoms with Crippen LogP contribution in [0.1, 0.15) is 10.4 Å². The van der Waals surface area contributed by atoms with Crippen molar-refractivity contribution in [2.45, 2.75) is 5.03 Å². The lowest BCUT2D eigenvalue weighted by Crippen LogP contribution is -2.23. The van der Waals surface area contributed by atoms with Crippen molar-refractivity contribution in [1.29, 1.82) is 0 Å². The average Bonchev–Trinajstić information content (AvgIpc) is 1.88. The summed E-state index contributed by atoms with van der Waals surface area (Å²) in [5.74, 6) is -1.28. The Morgan fingerprint density at radius 3 is 2.80 bits per heavy atom. The van der Waals surface area contributed by atoms with Crippen LogP contribution in [0.2, 0.25) is 0 Å². The maximum Gasteiger partial charge on any atom is 0.0715 e. The van der Waals surface area contributed by atoms with Crippen LogP contribution in [0, 0.1) is 0 Å². The van der Waals surface area contributed by atoms with Gasteiger partial charge in [-0.1, -0.05) is 11.1 Å². The van der Waals surface area contributed by atoms with Gasteiger partial charge < -0.3 is 22.5 Å². The van der Waals surface area contributed by atoms with E-state index in [1.54, 1.807) is 0 Å². The predicted molar refractivity (Wildman–Crippen MR) is 34.2 cm³/mol. The zero-order chi connectivity index (χ0) is 7.56. The highest BCUT2D eigenvalue weighted by Gasteiger charge is 1.90. The Labute approximate surface area is 63.1 Å². The number of aromatic nitrogens is 1. The van der Waals surface area contributed by atoms with Gasteiger partial charge in [-0.25, -0.2) is 0 Å². The molecule has 0 spiro atoms. The second-order valence-corrected chi connectivity index (χ2v) is 2.03. The molecular formula is C6H3NO2S-2. The average molecular weight is 153 g/mol. The van der Waals surface area contributed by atoms with E-state index in [9.17, 15) is 9.90 Å². The van der Waals surface area contributed by atoms with Crippen LogP contribution in [0.4, 0.5) is 0 Å². The SMILES string of the molecule is O=C([O-])c1cccnc1[S-]. The lowest BCUT2D eigenvalue weighted by atomic mass is 10.3. The van der Waals surface area contributed by atoms with E-state index in [4.69, 9.17) is 0 Å². The van der Waals surface area contributed by atoms with Crippen LogP contribution < -0.4 is 5.11 Å². The Hall–Kier alpha value is -1.16. The van der Waals surface area contributed by atoms with Gasteiger partial charge in [0.05, 0.1) is 5.97 Å². The molecule has 0 N–H and O–H groups in total. The number of carboxylic acid groups (broad SMARTS) is 1. The molecule has 10 heavy (non-hydrogen) atoms. The summed E-state index contributed by atoms with van der Waals surface area (Å²) in [5.41, 5.74) is -0.0301. The van der Waals surface area contributed by atoms with Gasteiger partial charge in [-0.2, -0.15) is 0 Å². The monoisotopic (exact) mass is 153 g/mol. The normalized spacial score (nSPS) is 9.20. The van der Waals surface area contributed by atoms with Gasteiger partial charge in [0.25, 0.3) is 0 Å². The molecule has 0 saturated heterocycles. The second-order valence-electron chi connectivity index (χ2n) is 1.64. The summed E-state index contributed by atoms with van der Waals surface area (Å²) < 4.78 is 0. The highest BCUT2D eigenvalue weighted by molar-refractivity contribution is 7.58. The quantitative estimate of drug-likeness (QED) is 0.503. The fourth-order valence-corrected chi connectivity index (χ4v) is 0.758. The van der Waals surface area contributed by atoms with Gasteiger partial charge >= 0.3 is 0 Å². The molecule has 0 aromatic carbocycles. The zero-order valence-electron chi connectivity index (χ0n) is 4.90. The molecule has 0 amide bonds. The minimum atomic E-state index is -1.28. The first-order valence-corrected chi connectivity index (χ1v) is 2.96. The van der Waals surface area contributed by atoms with Crippen LogP contribution in [-0.4, -0.2) is 11.0 Å². The lowest BCUT2D eigenvalue weighted by Gasteiger charge is -2.11. The number of hydrogen-bond donors (Lipinski definition) is 0. The maximum atomic E-state index is 10.2. The largest absolute Gasteiger partial charge is 0.760 e. The van der Waals surface area contributed by atoms with E-state index < -0.39 is 5.97 Å². The molecule has 0 aliphatic carbocycles. The Balaban J connectivity index is 3.15. The van der Waals surface area contributed by atoms with E-state index in [2.05, 4.69) is 17.6 Å². The molecule has 0 atom stereocenters. The topological polar surface area (TPSA) is 53.0 Å². The standard InChI is InChI=1S/C6H5NO2S/c8-6(9)4-2-1-3-7-5(4)10/h1-3H,(H,7,10)(H,8,9)/p-2. The first kappa shape index (κ1) is 6.95. The highest BCUT2D eigenvalue weighted by Crippen LogP contribution is 2.01. The number of pyridine rings is 1. The van der Waals surface area contributed by atoms with Gasteiger partial charge in [-0.3, -0.25) is 4.98 Å². The molecule has 0 aliphatic heterocycles. The van der Waals surface area contributed by atoms with Crippen molar-refractivity contribution < 1.29 is 9.90 Å². The van der Waals surface area contributed by atoms with Gasteiger partial charge in [0.2, 0.25) is 0 Å². The van der Waals surface area contributed by atoms with E-state index in [0.29, 0.717) is 0 Å². The summed E-state index contributed by atoms with van der Waals surface area (Å²) in [5, 5.41) is 10.3. The van der Waals surface area contributed by atoms with Crippen molar-refractivity contribution in [1.82, 2.24) is 4.98 Å².